The summed E-state index contributed by atoms with van der Waals surface area (Å²) < 4.78 is 4.87. The number of carbonyl (C=O) groups excluding carboxylic acids is 1. The van der Waals surface area contributed by atoms with Crippen molar-refractivity contribution in [3.05, 3.63) is 52.6 Å². The third kappa shape index (κ3) is 3.58. The summed E-state index contributed by atoms with van der Waals surface area (Å²) in [5.74, 6) is -0.244. The van der Waals surface area contributed by atoms with Crippen molar-refractivity contribution in [3.8, 4) is 0 Å². The summed E-state index contributed by atoms with van der Waals surface area (Å²) in [6, 6.07) is 5.46. The first kappa shape index (κ1) is 12.6. The summed E-state index contributed by atoms with van der Waals surface area (Å²) >= 11 is 1.46. The Balaban J connectivity index is 1.78. The molecule has 18 heavy (non-hydrogen) atoms. The van der Waals surface area contributed by atoms with E-state index < -0.39 is 6.10 Å². The minimum absolute atomic E-state index is 0.203. The van der Waals surface area contributed by atoms with Crippen LogP contribution in [0.25, 0.3) is 6.08 Å². The van der Waals surface area contributed by atoms with Gasteiger partial charge in [0.1, 0.15) is 6.10 Å². The number of aliphatic hydroxyl groups is 1. The lowest BCUT2D eigenvalue weighted by molar-refractivity contribution is -0.116. The molecular weight excluding hydrogens is 250 g/mol. The number of hydrogen-bond acceptors (Lipinski definition) is 4. The van der Waals surface area contributed by atoms with Gasteiger partial charge in [-0.05, 0) is 23.6 Å². The van der Waals surface area contributed by atoms with Crippen LogP contribution in [0.4, 0.5) is 0 Å². The van der Waals surface area contributed by atoms with Gasteiger partial charge in [-0.2, -0.15) is 0 Å². The van der Waals surface area contributed by atoms with Crippen LogP contribution in [0.2, 0.25) is 0 Å². The summed E-state index contributed by atoms with van der Waals surface area (Å²) in [4.78, 5) is 12.3. The number of hydrogen-bond donors (Lipinski definition) is 2. The topological polar surface area (TPSA) is 62.5 Å². The van der Waals surface area contributed by atoms with Crippen molar-refractivity contribution >= 4 is 23.3 Å². The molecule has 0 saturated carbocycles. The van der Waals surface area contributed by atoms with E-state index in [0.717, 1.165) is 10.4 Å². The molecule has 94 valence electrons. The quantitative estimate of drug-likeness (QED) is 0.813. The van der Waals surface area contributed by atoms with Crippen molar-refractivity contribution in [2.24, 2.45) is 0 Å². The minimum atomic E-state index is -0.656. The fourth-order valence-electron chi connectivity index (χ4n) is 1.38. The Morgan fingerprint density at radius 3 is 3.11 bits per heavy atom. The predicted molar refractivity (Wildman–Crippen MR) is 70.0 cm³/mol. The van der Waals surface area contributed by atoms with Gasteiger partial charge in [0.15, 0.2) is 0 Å². The van der Waals surface area contributed by atoms with Crippen molar-refractivity contribution in [2.75, 3.05) is 6.54 Å². The highest BCUT2D eigenvalue weighted by Crippen LogP contribution is 2.17. The average Bonchev–Trinajstić information content (AvgIpc) is 3.05. The third-order valence-electron chi connectivity index (χ3n) is 2.31. The SMILES string of the molecule is O=C(C=Cc1ccoc1)NCC(O)c1cccs1. The van der Waals surface area contributed by atoms with Crippen molar-refractivity contribution in [1.29, 1.82) is 0 Å². The zero-order chi connectivity index (χ0) is 12.8. The molecule has 2 aromatic heterocycles. The van der Waals surface area contributed by atoms with Crippen LogP contribution in [0.5, 0.6) is 0 Å². The van der Waals surface area contributed by atoms with Gasteiger partial charge in [0, 0.05) is 23.1 Å². The van der Waals surface area contributed by atoms with Gasteiger partial charge < -0.3 is 14.8 Å². The number of carbonyl (C=O) groups is 1. The molecule has 5 heteroatoms. The molecule has 2 heterocycles. The monoisotopic (exact) mass is 263 g/mol. The van der Waals surface area contributed by atoms with Crippen LogP contribution in [0.15, 0.2) is 46.6 Å². The zero-order valence-electron chi connectivity index (χ0n) is 9.58. The zero-order valence-corrected chi connectivity index (χ0v) is 10.4. The Labute approximate surface area is 109 Å². The Morgan fingerprint density at radius 1 is 1.56 bits per heavy atom. The van der Waals surface area contributed by atoms with E-state index >= 15 is 0 Å². The van der Waals surface area contributed by atoms with Crippen molar-refractivity contribution in [3.63, 3.8) is 0 Å². The van der Waals surface area contributed by atoms with E-state index in [9.17, 15) is 9.90 Å². The predicted octanol–water partition coefficient (Wildman–Crippen LogP) is 2.20. The van der Waals surface area contributed by atoms with Crippen LogP contribution in [0.3, 0.4) is 0 Å². The van der Waals surface area contributed by atoms with E-state index in [0.29, 0.717) is 0 Å². The molecular formula is C13H13NO3S. The number of amides is 1. The van der Waals surface area contributed by atoms with Gasteiger partial charge in [0.2, 0.25) is 5.91 Å². The molecule has 0 radical (unpaired) electrons. The lowest BCUT2D eigenvalue weighted by Gasteiger charge is -2.08. The molecule has 0 aromatic carbocycles. The van der Waals surface area contributed by atoms with Gasteiger partial charge >= 0.3 is 0 Å². The van der Waals surface area contributed by atoms with Crippen LogP contribution < -0.4 is 5.32 Å². The summed E-state index contributed by atoms with van der Waals surface area (Å²) in [7, 11) is 0. The van der Waals surface area contributed by atoms with Crippen LogP contribution in [0, 0.1) is 0 Å². The standard InChI is InChI=1S/C13H13NO3S/c15-11(12-2-1-7-18-12)8-14-13(16)4-3-10-5-6-17-9-10/h1-7,9,11,15H,8H2,(H,14,16). The number of furan rings is 1. The van der Waals surface area contributed by atoms with E-state index in [1.165, 1.54) is 23.7 Å². The van der Waals surface area contributed by atoms with Crippen molar-refractivity contribution < 1.29 is 14.3 Å². The second kappa shape index (κ2) is 6.18. The van der Waals surface area contributed by atoms with E-state index in [4.69, 9.17) is 4.42 Å². The van der Waals surface area contributed by atoms with Gasteiger partial charge in [-0.15, -0.1) is 11.3 Å². The van der Waals surface area contributed by atoms with Crippen LogP contribution in [-0.2, 0) is 4.79 Å². The fourth-order valence-corrected chi connectivity index (χ4v) is 2.09. The maximum Gasteiger partial charge on any atom is 0.244 e. The Bertz CT molecular complexity index is 502. The van der Waals surface area contributed by atoms with Gasteiger partial charge in [-0.3, -0.25) is 4.79 Å². The van der Waals surface area contributed by atoms with E-state index in [1.54, 1.807) is 18.4 Å². The minimum Gasteiger partial charge on any atom is -0.472 e. The van der Waals surface area contributed by atoms with Crippen LogP contribution >= 0.6 is 11.3 Å². The highest BCUT2D eigenvalue weighted by Gasteiger charge is 2.08. The molecule has 0 aliphatic rings. The molecule has 1 unspecified atom stereocenters. The lowest BCUT2D eigenvalue weighted by Crippen LogP contribution is -2.26. The van der Waals surface area contributed by atoms with Gasteiger partial charge in [-0.25, -0.2) is 0 Å². The highest BCUT2D eigenvalue weighted by molar-refractivity contribution is 7.10. The first-order valence-electron chi connectivity index (χ1n) is 5.45. The largest absolute Gasteiger partial charge is 0.472 e. The number of aliphatic hydroxyl groups excluding tert-OH is 1. The maximum absolute atomic E-state index is 11.5. The molecule has 0 aliphatic carbocycles. The molecule has 0 aliphatic heterocycles. The first-order chi connectivity index (χ1) is 8.75. The summed E-state index contributed by atoms with van der Waals surface area (Å²) in [5, 5.41) is 14.3. The molecule has 1 amide bonds. The Hall–Kier alpha value is -1.85. The Kier molecular flexibility index (Phi) is 4.33. The molecule has 2 rings (SSSR count). The van der Waals surface area contributed by atoms with Gasteiger partial charge in [-0.1, -0.05) is 6.07 Å². The van der Waals surface area contributed by atoms with Gasteiger partial charge in [0.25, 0.3) is 0 Å². The molecule has 0 spiro atoms. The van der Waals surface area contributed by atoms with Crippen molar-refractivity contribution in [1.82, 2.24) is 5.32 Å². The summed E-state index contributed by atoms with van der Waals surface area (Å²) in [6.07, 6.45) is 5.49. The maximum atomic E-state index is 11.5. The average molecular weight is 263 g/mol. The third-order valence-corrected chi connectivity index (χ3v) is 3.29. The van der Waals surface area contributed by atoms with Gasteiger partial charge in [0.05, 0.1) is 12.5 Å². The molecule has 0 bridgehead atoms. The Morgan fingerprint density at radius 2 is 2.44 bits per heavy atom. The molecule has 0 fully saturated rings. The highest BCUT2D eigenvalue weighted by atomic mass is 32.1. The van der Waals surface area contributed by atoms with E-state index in [1.807, 2.05) is 17.5 Å². The second-order valence-corrected chi connectivity index (χ2v) is 4.65. The summed E-state index contributed by atoms with van der Waals surface area (Å²) in [5.41, 5.74) is 0.823. The molecule has 1 atom stereocenters. The smallest absolute Gasteiger partial charge is 0.244 e. The van der Waals surface area contributed by atoms with Crippen molar-refractivity contribution in [2.45, 2.75) is 6.10 Å². The normalized spacial score (nSPS) is 12.7. The van der Waals surface area contributed by atoms with Crippen LogP contribution in [0.1, 0.15) is 16.5 Å². The van der Waals surface area contributed by atoms with Crippen LogP contribution in [-0.4, -0.2) is 17.6 Å². The number of thiophene rings is 1. The number of rotatable bonds is 5. The van der Waals surface area contributed by atoms with E-state index in [2.05, 4.69) is 5.32 Å². The fraction of sp³-hybridized carbons (Fsp3) is 0.154. The van der Waals surface area contributed by atoms with E-state index in [-0.39, 0.29) is 12.5 Å². The lowest BCUT2D eigenvalue weighted by atomic mass is 10.3. The molecule has 0 saturated heterocycles. The summed E-state index contributed by atoms with van der Waals surface area (Å²) in [6.45, 7) is 0.203. The number of nitrogens with one attached hydrogen (secondary N) is 1. The molecule has 2 N–H and O–H groups in total. The molecule has 2 aromatic rings. The molecule has 4 nitrogen and oxygen atoms in total. The first-order valence-corrected chi connectivity index (χ1v) is 6.33. The second-order valence-electron chi connectivity index (χ2n) is 3.67.